The average molecular weight is 477 g/mol. The van der Waals surface area contributed by atoms with Gasteiger partial charge in [0, 0.05) is 17.6 Å². The number of allylic oxidation sites excluding steroid dienone is 4. The summed E-state index contributed by atoms with van der Waals surface area (Å²) in [4.78, 5) is 7.16. The van der Waals surface area contributed by atoms with Crippen LogP contribution in [-0.2, 0) is 4.74 Å². The summed E-state index contributed by atoms with van der Waals surface area (Å²) < 4.78 is 24.3. The minimum atomic E-state index is -0.967. The molecule has 34 heavy (non-hydrogen) atoms. The lowest BCUT2D eigenvalue weighted by molar-refractivity contribution is 0.146. The number of halogens is 1. The minimum Gasteiger partial charge on any atom is -0.491 e. The maximum atomic E-state index is 13.7. The third-order valence-corrected chi connectivity index (χ3v) is 6.10. The fraction of sp³-hybridized carbons (Fsp3) is 0.269. The molecule has 174 valence electrons. The lowest BCUT2D eigenvalue weighted by atomic mass is 9.95. The quantitative estimate of drug-likeness (QED) is 0.257. The second-order valence-corrected chi connectivity index (χ2v) is 8.42. The summed E-state index contributed by atoms with van der Waals surface area (Å²) in [5.41, 5.74) is 1.67. The van der Waals surface area contributed by atoms with Crippen molar-refractivity contribution < 1.29 is 13.9 Å². The van der Waals surface area contributed by atoms with E-state index >= 15 is 0 Å². The van der Waals surface area contributed by atoms with Gasteiger partial charge >= 0.3 is 0 Å². The van der Waals surface area contributed by atoms with Gasteiger partial charge in [0.1, 0.15) is 47.1 Å². The molecule has 1 aliphatic heterocycles. The molecule has 0 bridgehead atoms. The Morgan fingerprint density at radius 1 is 1.24 bits per heavy atom. The first kappa shape index (κ1) is 25.0. The Bertz CT molecular complexity index is 1170. The molecule has 0 amide bonds. The highest BCUT2D eigenvalue weighted by molar-refractivity contribution is 8.03. The van der Waals surface area contributed by atoms with Crippen LogP contribution in [0.2, 0.25) is 0 Å². The predicted molar refractivity (Wildman–Crippen MR) is 133 cm³/mol. The predicted octanol–water partition coefficient (Wildman–Crippen LogP) is 5.41. The van der Waals surface area contributed by atoms with Gasteiger partial charge in [-0.1, -0.05) is 48.7 Å². The van der Waals surface area contributed by atoms with Gasteiger partial charge in [0.25, 0.3) is 0 Å². The normalized spacial score (nSPS) is 13.9. The summed E-state index contributed by atoms with van der Waals surface area (Å²) >= 11 is 1.28. The molecule has 1 aliphatic rings. The Labute approximate surface area is 203 Å². The van der Waals surface area contributed by atoms with Gasteiger partial charge in [-0.2, -0.15) is 10.5 Å². The Kier molecular flexibility index (Phi) is 8.86. The molecule has 1 aromatic carbocycles. The summed E-state index contributed by atoms with van der Waals surface area (Å²) in [5, 5.41) is 20.6. The van der Waals surface area contributed by atoms with Crippen LogP contribution in [0.25, 0.3) is 11.1 Å². The number of nitriles is 2. The van der Waals surface area contributed by atoms with Crippen LogP contribution < -0.4 is 9.64 Å². The van der Waals surface area contributed by atoms with E-state index in [1.807, 2.05) is 25.2 Å². The number of rotatable bonds is 10. The van der Waals surface area contributed by atoms with E-state index in [9.17, 15) is 14.9 Å². The number of thioether (sulfide) groups is 1. The van der Waals surface area contributed by atoms with E-state index in [1.165, 1.54) is 11.8 Å². The molecule has 0 unspecified atom stereocenters. The molecule has 0 radical (unpaired) electrons. The summed E-state index contributed by atoms with van der Waals surface area (Å²) in [6.07, 6.45) is 6.33. The van der Waals surface area contributed by atoms with E-state index in [4.69, 9.17) is 9.47 Å². The lowest BCUT2D eigenvalue weighted by Crippen LogP contribution is -2.49. The number of hydrogen-bond acceptors (Lipinski definition) is 7. The Balaban J connectivity index is 2.14. The fourth-order valence-corrected chi connectivity index (χ4v) is 4.19. The third-order valence-electron chi connectivity index (χ3n) is 5.07. The molecule has 3 rings (SSSR count). The maximum absolute atomic E-state index is 13.7. The number of hydrogen-bond donors (Lipinski definition) is 0. The molecule has 0 atom stereocenters. The standard InChI is InChI=1S/C26H25FN4O2S/c1-4-6-7-21(5-2)34-26-23(15-29)24(18-8-10-20(11-9-18)33-13-12-32-3)22(14-28)25(30-26)31-16-19(27)17-31/h4-11,19H,2,12-13,16-17H2,1,3H3/b6-4-,21-7+. The second kappa shape index (κ2) is 12.0. The smallest absolute Gasteiger partial charge is 0.148 e. The first-order chi connectivity index (χ1) is 16.6. The molecule has 2 aromatic rings. The summed E-state index contributed by atoms with van der Waals surface area (Å²) in [6.45, 7) is 6.94. The highest BCUT2D eigenvalue weighted by atomic mass is 32.2. The molecule has 6 nitrogen and oxygen atoms in total. The van der Waals surface area contributed by atoms with Crippen molar-refractivity contribution in [2.45, 2.75) is 18.1 Å². The second-order valence-electron chi connectivity index (χ2n) is 7.36. The topological polar surface area (TPSA) is 82.2 Å². The van der Waals surface area contributed by atoms with Gasteiger partial charge in [0.15, 0.2) is 0 Å². The number of nitrogens with zero attached hydrogens (tertiary/aromatic N) is 4. The summed E-state index contributed by atoms with van der Waals surface area (Å²) in [5.74, 6) is 1.02. The zero-order chi connectivity index (χ0) is 24.5. The lowest BCUT2D eigenvalue weighted by Gasteiger charge is -2.36. The highest BCUT2D eigenvalue weighted by Crippen LogP contribution is 2.41. The first-order valence-corrected chi connectivity index (χ1v) is 11.5. The molecular formula is C26H25FN4O2S. The first-order valence-electron chi connectivity index (χ1n) is 10.7. The number of methoxy groups -OCH3 is 1. The zero-order valence-corrected chi connectivity index (χ0v) is 19.9. The van der Waals surface area contributed by atoms with Gasteiger partial charge in [-0.3, -0.25) is 0 Å². The molecule has 0 aliphatic carbocycles. The van der Waals surface area contributed by atoms with Crippen LogP contribution in [-0.4, -0.2) is 44.6 Å². The van der Waals surface area contributed by atoms with Gasteiger partial charge in [-0.25, -0.2) is 9.37 Å². The molecule has 1 saturated heterocycles. The monoisotopic (exact) mass is 476 g/mol. The van der Waals surface area contributed by atoms with Crippen LogP contribution in [0.4, 0.5) is 10.2 Å². The van der Waals surface area contributed by atoms with Crippen molar-refractivity contribution in [2.75, 3.05) is 38.3 Å². The van der Waals surface area contributed by atoms with E-state index in [2.05, 4.69) is 23.7 Å². The molecule has 0 spiro atoms. The Morgan fingerprint density at radius 2 is 1.94 bits per heavy atom. The Hall–Kier alpha value is -3.59. The largest absolute Gasteiger partial charge is 0.491 e. The van der Waals surface area contributed by atoms with Gasteiger partial charge in [-0.15, -0.1) is 0 Å². The van der Waals surface area contributed by atoms with E-state index in [-0.39, 0.29) is 24.2 Å². The van der Waals surface area contributed by atoms with Crippen molar-refractivity contribution in [3.8, 4) is 29.0 Å². The molecule has 1 fully saturated rings. The number of alkyl halides is 1. The molecule has 1 aromatic heterocycles. The molecule has 0 saturated carbocycles. The number of aromatic nitrogens is 1. The van der Waals surface area contributed by atoms with Crippen LogP contribution in [0.5, 0.6) is 5.75 Å². The van der Waals surface area contributed by atoms with Crippen molar-refractivity contribution in [3.63, 3.8) is 0 Å². The van der Waals surface area contributed by atoms with Crippen LogP contribution in [0.1, 0.15) is 18.1 Å². The van der Waals surface area contributed by atoms with Gasteiger partial charge in [0.05, 0.1) is 25.3 Å². The summed E-state index contributed by atoms with van der Waals surface area (Å²) in [6, 6.07) is 11.6. The van der Waals surface area contributed by atoms with Gasteiger partial charge in [-0.05, 0) is 30.7 Å². The van der Waals surface area contributed by atoms with Crippen molar-refractivity contribution >= 4 is 17.6 Å². The zero-order valence-electron chi connectivity index (χ0n) is 19.1. The van der Waals surface area contributed by atoms with Crippen molar-refractivity contribution in [2.24, 2.45) is 0 Å². The maximum Gasteiger partial charge on any atom is 0.148 e. The van der Waals surface area contributed by atoms with Crippen molar-refractivity contribution in [1.29, 1.82) is 10.5 Å². The van der Waals surface area contributed by atoms with Crippen molar-refractivity contribution in [3.05, 3.63) is 71.2 Å². The van der Waals surface area contributed by atoms with Gasteiger partial charge in [0.2, 0.25) is 0 Å². The van der Waals surface area contributed by atoms with Crippen LogP contribution in [0.15, 0.2) is 65.1 Å². The van der Waals surface area contributed by atoms with E-state index in [1.54, 1.807) is 42.4 Å². The average Bonchev–Trinajstić information content (AvgIpc) is 2.84. The molecule has 2 heterocycles. The highest BCUT2D eigenvalue weighted by Gasteiger charge is 2.32. The van der Waals surface area contributed by atoms with Crippen LogP contribution in [0.3, 0.4) is 0 Å². The number of ether oxygens (including phenoxy) is 2. The van der Waals surface area contributed by atoms with Crippen LogP contribution in [0, 0.1) is 22.7 Å². The molecule has 0 N–H and O–H groups in total. The van der Waals surface area contributed by atoms with Gasteiger partial charge < -0.3 is 14.4 Å². The summed E-state index contributed by atoms with van der Waals surface area (Å²) in [7, 11) is 1.60. The third kappa shape index (κ3) is 5.66. The minimum absolute atomic E-state index is 0.159. The molecule has 8 heteroatoms. The van der Waals surface area contributed by atoms with Crippen LogP contribution >= 0.6 is 11.8 Å². The number of pyridine rings is 1. The van der Waals surface area contributed by atoms with E-state index in [0.29, 0.717) is 40.9 Å². The Morgan fingerprint density at radius 3 is 2.50 bits per heavy atom. The fourth-order valence-electron chi connectivity index (χ4n) is 3.36. The van der Waals surface area contributed by atoms with Crippen molar-refractivity contribution in [1.82, 2.24) is 4.98 Å². The SMILES string of the molecule is C=C/C(=C\C=C/C)Sc1nc(N2CC(F)C2)c(C#N)c(-c2ccc(OCCOC)cc2)c1C#N. The number of anilines is 1. The van der Waals surface area contributed by atoms with E-state index < -0.39 is 6.17 Å². The van der Waals surface area contributed by atoms with E-state index in [0.717, 1.165) is 4.91 Å². The molecular weight excluding hydrogens is 451 g/mol. The number of benzene rings is 1.